The Hall–Kier alpha value is -1.31. The fraction of sp³-hybridized carbons (Fsp3) is 0.333. The Morgan fingerprint density at radius 3 is 2.72 bits per heavy atom. The van der Waals surface area contributed by atoms with Gasteiger partial charge in [-0.3, -0.25) is 0 Å². The second-order valence-electron chi connectivity index (χ2n) is 4.96. The summed E-state index contributed by atoms with van der Waals surface area (Å²) in [6.07, 6.45) is -0.499. The van der Waals surface area contributed by atoms with E-state index in [0.717, 1.165) is 9.09 Å². The van der Waals surface area contributed by atoms with E-state index in [2.05, 4.69) is 27.7 Å². The van der Waals surface area contributed by atoms with E-state index in [1.807, 2.05) is 26.8 Å². The van der Waals surface area contributed by atoms with Gasteiger partial charge in [0.2, 0.25) is 0 Å². The first kappa shape index (κ1) is 13.1. The third-order valence-corrected chi connectivity index (χ3v) is 3.02. The van der Waals surface area contributed by atoms with E-state index in [1.54, 1.807) is 12.1 Å². The molecule has 0 unspecified atom stereocenters. The van der Waals surface area contributed by atoms with Crippen molar-refractivity contribution in [3.05, 3.63) is 21.9 Å². The summed E-state index contributed by atoms with van der Waals surface area (Å²) in [5.74, 6) is 0. The topological polar surface area (TPSA) is 70.1 Å². The maximum atomic E-state index is 12.0. The first-order valence-electron chi connectivity index (χ1n) is 5.45. The standard InChI is InChI=1S/C12H14IN3O2/c1-12(2,3)18-11(17)16-9-6-7(14)4-5-8(9)10(13)15-16/h4-6H,14H2,1-3H3. The third kappa shape index (κ3) is 2.58. The second-order valence-corrected chi connectivity index (χ2v) is 5.98. The SMILES string of the molecule is CC(C)(C)OC(=O)n1nc(I)c2ccc(N)cc21. The van der Waals surface area contributed by atoms with Crippen LogP contribution in [0.25, 0.3) is 10.9 Å². The van der Waals surface area contributed by atoms with Crippen LogP contribution in [0.5, 0.6) is 0 Å². The quantitative estimate of drug-likeness (QED) is 0.580. The minimum absolute atomic E-state index is 0.499. The van der Waals surface area contributed by atoms with E-state index in [-0.39, 0.29) is 0 Å². The summed E-state index contributed by atoms with van der Waals surface area (Å²) in [5, 5.41) is 5.07. The van der Waals surface area contributed by atoms with Gasteiger partial charge >= 0.3 is 6.09 Å². The van der Waals surface area contributed by atoms with Crippen molar-refractivity contribution in [2.45, 2.75) is 26.4 Å². The summed E-state index contributed by atoms with van der Waals surface area (Å²) in [4.78, 5) is 12.0. The Labute approximate surface area is 118 Å². The molecule has 0 saturated heterocycles. The zero-order valence-corrected chi connectivity index (χ0v) is 12.6. The van der Waals surface area contributed by atoms with Crippen molar-refractivity contribution in [3.63, 3.8) is 0 Å². The van der Waals surface area contributed by atoms with Crippen LogP contribution in [0.4, 0.5) is 10.5 Å². The first-order chi connectivity index (χ1) is 8.28. The lowest BCUT2D eigenvalue weighted by atomic mass is 10.2. The minimum atomic E-state index is -0.554. The smallest absolute Gasteiger partial charge is 0.435 e. The summed E-state index contributed by atoms with van der Waals surface area (Å²) in [6, 6.07) is 5.35. The van der Waals surface area contributed by atoms with Crippen LogP contribution < -0.4 is 5.73 Å². The first-order valence-corrected chi connectivity index (χ1v) is 6.53. The number of benzene rings is 1. The Bertz CT molecular complexity index is 614. The predicted octanol–water partition coefficient (Wildman–Crippen LogP) is 3.01. The molecule has 0 amide bonds. The monoisotopic (exact) mass is 359 g/mol. The highest BCUT2D eigenvalue weighted by molar-refractivity contribution is 14.1. The molecule has 18 heavy (non-hydrogen) atoms. The molecular weight excluding hydrogens is 345 g/mol. The summed E-state index contributed by atoms with van der Waals surface area (Å²) in [5.41, 5.74) is 6.43. The molecule has 1 aromatic carbocycles. The van der Waals surface area contributed by atoms with Gasteiger partial charge in [0.05, 0.1) is 5.52 Å². The zero-order chi connectivity index (χ0) is 13.5. The molecule has 0 aliphatic heterocycles. The van der Waals surface area contributed by atoms with E-state index in [0.29, 0.717) is 11.2 Å². The Kier molecular flexibility index (Phi) is 3.22. The number of hydrogen-bond acceptors (Lipinski definition) is 4. The van der Waals surface area contributed by atoms with Gasteiger partial charge in [-0.25, -0.2) is 4.79 Å². The Morgan fingerprint density at radius 1 is 1.44 bits per heavy atom. The van der Waals surface area contributed by atoms with Gasteiger partial charge in [0.25, 0.3) is 0 Å². The minimum Gasteiger partial charge on any atom is -0.442 e. The molecule has 2 rings (SSSR count). The number of anilines is 1. The van der Waals surface area contributed by atoms with E-state index in [9.17, 15) is 4.79 Å². The van der Waals surface area contributed by atoms with Crippen molar-refractivity contribution in [2.75, 3.05) is 5.73 Å². The number of nitrogens with zero attached hydrogens (tertiary/aromatic N) is 2. The number of carbonyl (C=O) groups is 1. The van der Waals surface area contributed by atoms with Crippen LogP contribution >= 0.6 is 22.6 Å². The van der Waals surface area contributed by atoms with Crippen LogP contribution in [0.3, 0.4) is 0 Å². The van der Waals surface area contributed by atoms with E-state index >= 15 is 0 Å². The van der Waals surface area contributed by atoms with Gasteiger partial charge in [-0.15, -0.1) is 0 Å². The van der Waals surface area contributed by atoms with Crippen LogP contribution in [-0.2, 0) is 4.74 Å². The highest BCUT2D eigenvalue weighted by Crippen LogP contribution is 2.23. The van der Waals surface area contributed by atoms with Gasteiger partial charge < -0.3 is 10.5 Å². The predicted molar refractivity (Wildman–Crippen MR) is 78.5 cm³/mol. The number of rotatable bonds is 0. The Morgan fingerprint density at radius 2 is 2.11 bits per heavy atom. The molecule has 0 atom stereocenters. The van der Waals surface area contributed by atoms with Gasteiger partial charge in [-0.1, -0.05) is 0 Å². The molecule has 1 aromatic heterocycles. The third-order valence-electron chi connectivity index (χ3n) is 2.23. The fourth-order valence-electron chi connectivity index (χ4n) is 1.54. The zero-order valence-electron chi connectivity index (χ0n) is 10.4. The van der Waals surface area contributed by atoms with E-state index < -0.39 is 11.7 Å². The molecule has 0 aliphatic rings. The molecule has 6 heteroatoms. The van der Waals surface area contributed by atoms with Gasteiger partial charge in [0, 0.05) is 11.1 Å². The molecule has 96 valence electrons. The maximum Gasteiger partial charge on any atom is 0.435 e. The molecule has 5 nitrogen and oxygen atoms in total. The number of nitrogens with two attached hydrogens (primary N) is 1. The number of carbonyl (C=O) groups excluding carboxylic acids is 1. The van der Waals surface area contributed by atoms with Gasteiger partial charge in [-0.2, -0.15) is 9.78 Å². The van der Waals surface area contributed by atoms with E-state index in [4.69, 9.17) is 10.5 Å². The molecule has 0 spiro atoms. The summed E-state index contributed by atoms with van der Waals surface area (Å²) < 4.78 is 7.30. The molecule has 2 aromatic rings. The number of fused-ring (bicyclic) bond motifs is 1. The summed E-state index contributed by atoms with van der Waals surface area (Å²) in [6.45, 7) is 5.45. The molecule has 2 N–H and O–H groups in total. The number of hydrogen-bond donors (Lipinski definition) is 1. The summed E-state index contributed by atoms with van der Waals surface area (Å²) in [7, 11) is 0. The van der Waals surface area contributed by atoms with Crippen LogP contribution in [0.2, 0.25) is 0 Å². The molecular formula is C12H14IN3O2. The largest absolute Gasteiger partial charge is 0.442 e. The van der Waals surface area contributed by atoms with Crippen molar-refractivity contribution in [1.82, 2.24) is 9.78 Å². The van der Waals surface area contributed by atoms with Crippen LogP contribution in [0.1, 0.15) is 20.8 Å². The fourth-order valence-corrected chi connectivity index (χ4v) is 2.21. The number of nitrogen functional groups attached to an aromatic ring is 1. The molecule has 0 bridgehead atoms. The van der Waals surface area contributed by atoms with Crippen molar-refractivity contribution >= 4 is 45.3 Å². The highest BCUT2D eigenvalue weighted by Gasteiger charge is 2.21. The molecule has 0 aliphatic carbocycles. The van der Waals surface area contributed by atoms with Crippen LogP contribution in [-0.4, -0.2) is 21.5 Å². The van der Waals surface area contributed by atoms with Crippen LogP contribution in [0.15, 0.2) is 18.2 Å². The average molecular weight is 359 g/mol. The number of aromatic nitrogens is 2. The highest BCUT2D eigenvalue weighted by atomic mass is 127. The second kappa shape index (κ2) is 4.42. The lowest BCUT2D eigenvalue weighted by molar-refractivity contribution is 0.0522. The van der Waals surface area contributed by atoms with E-state index in [1.165, 1.54) is 4.68 Å². The average Bonchev–Trinajstić information content (AvgIpc) is 2.53. The van der Waals surface area contributed by atoms with Crippen molar-refractivity contribution in [1.29, 1.82) is 0 Å². The molecule has 0 saturated carbocycles. The van der Waals surface area contributed by atoms with Crippen molar-refractivity contribution in [3.8, 4) is 0 Å². The van der Waals surface area contributed by atoms with Crippen molar-refractivity contribution in [2.24, 2.45) is 0 Å². The molecule has 1 heterocycles. The number of ether oxygens (including phenoxy) is 1. The number of halogens is 1. The molecule has 0 radical (unpaired) electrons. The van der Waals surface area contributed by atoms with Gasteiger partial charge in [0.1, 0.15) is 9.30 Å². The Balaban J connectivity index is 2.51. The van der Waals surface area contributed by atoms with Gasteiger partial charge in [-0.05, 0) is 61.6 Å². The van der Waals surface area contributed by atoms with Crippen LogP contribution in [0, 0.1) is 3.70 Å². The lowest BCUT2D eigenvalue weighted by Gasteiger charge is -2.19. The summed E-state index contributed by atoms with van der Waals surface area (Å²) >= 11 is 2.08. The van der Waals surface area contributed by atoms with Gasteiger partial charge in [0.15, 0.2) is 0 Å². The normalized spacial score (nSPS) is 11.8. The maximum absolute atomic E-state index is 12.0. The van der Waals surface area contributed by atoms with Crippen molar-refractivity contribution < 1.29 is 9.53 Å². The molecule has 0 fully saturated rings. The lowest BCUT2D eigenvalue weighted by Crippen LogP contribution is -2.27.